The zero-order valence-electron chi connectivity index (χ0n) is 7.22. The normalized spacial score (nSPS) is 10.1. The minimum absolute atomic E-state index is 0.181. The lowest BCUT2D eigenvalue weighted by Crippen LogP contribution is -2.13. The van der Waals surface area contributed by atoms with Gasteiger partial charge in [-0.3, -0.25) is 10.1 Å². The van der Waals surface area contributed by atoms with Crippen LogP contribution in [0.4, 0.5) is 5.13 Å². The molecule has 0 bridgehead atoms. The van der Waals surface area contributed by atoms with Gasteiger partial charge in [0.05, 0.1) is 0 Å². The zero-order valence-corrected chi connectivity index (χ0v) is 8.04. The van der Waals surface area contributed by atoms with E-state index in [4.69, 9.17) is 0 Å². The summed E-state index contributed by atoms with van der Waals surface area (Å²) in [5.41, 5.74) is 0.638. The second kappa shape index (κ2) is 3.54. The van der Waals surface area contributed by atoms with Gasteiger partial charge in [0.2, 0.25) is 0 Å². The van der Waals surface area contributed by atoms with Crippen molar-refractivity contribution in [2.75, 3.05) is 5.32 Å². The van der Waals surface area contributed by atoms with E-state index in [1.807, 2.05) is 0 Å². The Kier molecular flexibility index (Phi) is 2.23. The maximum Gasteiger partial charge on any atom is 0.281 e. The number of aryl methyl sites for hydroxylation is 1. The number of hydrogen-bond donors (Lipinski definition) is 1. The molecule has 6 nitrogen and oxygen atoms in total. The fourth-order valence-corrected chi connectivity index (χ4v) is 1.40. The molecule has 2 heterocycles. The van der Waals surface area contributed by atoms with Gasteiger partial charge in [-0.25, -0.2) is 9.61 Å². The Morgan fingerprint density at radius 2 is 2.43 bits per heavy atom. The van der Waals surface area contributed by atoms with E-state index in [1.165, 1.54) is 11.3 Å². The number of aromatic nitrogens is 3. The van der Waals surface area contributed by atoms with Crippen molar-refractivity contribution in [2.45, 2.75) is 6.92 Å². The Bertz CT molecular complexity index is 436. The van der Waals surface area contributed by atoms with E-state index in [0.29, 0.717) is 10.8 Å². The van der Waals surface area contributed by atoms with Gasteiger partial charge in [-0.1, -0.05) is 5.16 Å². The number of thiazole rings is 1. The number of anilines is 1. The molecule has 14 heavy (non-hydrogen) atoms. The summed E-state index contributed by atoms with van der Waals surface area (Å²) in [6, 6.07) is 0. The number of nitrogens with one attached hydrogen (secondary N) is 1. The molecular formula is C7H6N4O2S. The minimum Gasteiger partial charge on any atom is -0.296 e. The Morgan fingerprint density at radius 3 is 3.00 bits per heavy atom. The van der Waals surface area contributed by atoms with Crippen LogP contribution in [0.5, 0.6) is 0 Å². The predicted octanol–water partition coefficient (Wildman–Crippen LogP) is 1.09. The molecule has 0 aliphatic rings. The van der Waals surface area contributed by atoms with Crippen molar-refractivity contribution in [3.8, 4) is 0 Å². The monoisotopic (exact) mass is 210 g/mol. The number of carbonyl (C=O) groups is 1. The van der Waals surface area contributed by atoms with Gasteiger partial charge in [0, 0.05) is 11.6 Å². The fraction of sp³-hybridized carbons (Fsp3) is 0.143. The van der Waals surface area contributed by atoms with E-state index in [2.05, 4.69) is 25.2 Å². The van der Waals surface area contributed by atoms with E-state index >= 15 is 0 Å². The molecule has 7 heteroatoms. The van der Waals surface area contributed by atoms with Gasteiger partial charge in [0.1, 0.15) is 5.69 Å². The molecule has 2 aromatic rings. The van der Waals surface area contributed by atoms with Gasteiger partial charge in [-0.05, 0) is 12.1 Å². The SMILES string of the molecule is Cc1nonc1C(=O)Nc1nccs1. The third kappa shape index (κ3) is 1.62. The highest BCUT2D eigenvalue weighted by molar-refractivity contribution is 7.13. The van der Waals surface area contributed by atoms with Crippen LogP contribution >= 0.6 is 11.3 Å². The summed E-state index contributed by atoms with van der Waals surface area (Å²) >= 11 is 1.33. The van der Waals surface area contributed by atoms with Crippen molar-refractivity contribution >= 4 is 22.4 Å². The van der Waals surface area contributed by atoms with Crippen LogP contribution in [0, 0.1) is 6.92 Å². The molecule has 0 aliphatic heterocycles. The van der Waals surface area contributed by atoms with Crippen LogP contribution in [0.3, 0.4) is 0 Å². The first-order valence-corrected chi connectivity index (χ1v) is 4.65. The topological polar surface area (TPSA) is 80.9 Å². The van der Waals surface area contributed by atoms with Crippen LogP contribution < -0.4 is 5.32 Å². The first-order chi connectivity index (χ1) is 6.77. The molecule has 1 amide bonds. The molecule has 72 valence electrons. The van der Waals surface area contributed by atoms with Gasteiger partial charge in [-0.15, -0.1) is 11.3 Å². The summed E-state index contributed by atoms with van der Waals surface area (Å²) in [5, 5.41) is 11.8. The van der Waals surface area contributed by atoms with Crippen molar-refractivity contribution in [1.82, 2.24) is 15.3 Å². The fourth-order valence-electron chi connectivity index (χ4n) is 0.879. The number of rotatable bonds is 2. The van der Waals surface area contributed by atoms with Gasteiger partial charge in [-0.2, -0.15) is 0 Å². The molecule has 2 aromatic heterocycles. The molecule has 0 saturated heterocycles. The Hall–Kier alpha value is -1.76. The average Bonchev–Trinajstić information content (AvgIpc) is 2.75. The number of carbonyl (C=O) groups excluding carboxylic acids is 1. The molecular weight excluding hydrogens is 204 g/mol. The van der Waals surface area contributed by atoms with Crippen molar-refractivity contribution in [3.05, 3.63) is 23.0 Å². The predicted molar refractivity (Wildman–Crippen MR) is 49.1 cm³/mol. The molecule has 0 spiro atoms. The quantitative estimate of drug-likeness (QED) is 0.802. The van der Waals surface area contributed by atoms with E-state index in [0.717, 1.165) is 0 Å². The summed E-state index contributed by atoms with van der Waals surface area (Å²) < 4.78 is 4.41. The highest BCUT2D eigenvalue weighted by Gasteiger charge is 2.15. The second-order valence-corrected chi connectivity index (χ2v) is 3.38. The lowest BCUT2D eigenvalue weighted by molar-refractivity contribution is 0.101. The van der Waals surface area contributed by atoms with E-state index in [9.17, 15) is 4.79 Å². The Labute approximate surface area is 82.9 Å². The highest BCUT2D eigenvalue weighted by Crippen LogP contribution is 2.12. The first kappa shape index (κ1) is 8.82. The van der Waals surface area contributed by atoms with Gasteiger partial charge in [0.15, 0.2) is 10.8 Å². The molecule has 0 aromatic carbocycles. The Morgan fingerprint density at radius 1 is 1.57 bits per heavy atom. The summed E-state index contributed by atoms with van der Waals surface area (Å²) in [4.78, 5) is 15.4. The van der Waals surface area contributed by atoms with Crippen LogP contribution in [-0.4, -0.2) is 21.2 Å². The zero-order chi connectivity index (χ0) is 9.97. The third-order valence-electron chi connectivity index (χ3n) is 1.52. The van der Waals surface area contributed by atoms with Crippen LogP contribution in [-0.2, 0) is 0 Å². The molecule has 0 unspecified atom stereocenters. The highest BCUT2D eigenvalue weighted by atomic mass is 32.1. The number of hydrogen-bond acceptors (Lipinski definition) is 6. The van der Waals surface area contributed by atoms with E-state index in [-0.39, 0.29) is 11.6 Å². The lowest BCUT2D eigenvalue weighted by atomic mass is 10.3. The molecule has 0 aliphatic carbocycles. The van der Waals surface area contributed by atoms with Gasteiger partial charge in [0.25, 0.3) is 5.91 Å². The smallest absolute Gasteiger partial charge is 0.281 e. The van der Waals surface area contributed by atoms with Gasteiger partial charge >= 0.3 is 0 Å². The molecule has 0 fully saturated rings. The first-order valence-electron chi connectivity index (χ1n) is 3.77. The summed E-state index contributed by atoms with van der Waals surface area (Å²) in [6.45, 7) is 1.65. The molecule has 1 N–H and O–H groups in total. The van der Waals surface area contributed by atoms with Crippen molar-refractivity contribution in [2.24, 2.45) is 0 Å². The average molecular weight is 210 g/mol. The largest absolute Gasteiger partial charge is 0.296 e. The van der Waals surface area contributed by atoms with Crippen molar-refractivity contribution in [1.29, 1.82) is 0 Å². The van der Waals surface area contributed by atoms with Crippen LogP contribution in [0.25, 0.3) is 0 Å². The summed E-state index contributed by atoms with van der Waals surface area (Å²) in [7, 11) is 0. The minimum atomic E-state index is -0.362. The number of nitrogens with zero attached hydrogens (tertiary/aromatic N) is 3. The third-order valence-corrected chi connectivity index (χ3v) is 2.21. The van der Waals surface area contributed by atoms with E-state index < -0.39 is 0 Å². The number of amides is 1. The van der Waals surface area contributed by atoms with Crippen molar-refractivity contribution < 1.29 is 9.42 Å². The van der Waals surface area contributed by atoms with Crippen LogP contribution in [0.1, 0.15) is 16.2 Å². The van der Waals surface area contributed by atoms with Gasteiger partial charge < -0.3 is 0 Å². The second-order valence-electron chi connectivity index (χ2n) is 2.49. The van der Waals surface area contributed by atoms with Crippen LogP contribution in [0.15, 0.2) is 16.2 Å². The molecule has 0 saturated carbocycles. The molecule has 0 atom stereocenters. The standard InChI is InChI=1S/C7H6N4O2S/c1-4-5(11-13-10-4)6(12)9-7-8-2-3-14-7/h2-3H,1H3,(H,8,9,12). The lowest BCUT2D eigenvalue weighted by Gasteiger charge is -1.96. The maximum absolute atomic E-state index is 11.5. The summed E-state index contributed by atoms with van der Waals surface area (Å²) in [6.07, 6.45) is 1.61. The van der Waals surface area contributed by atoms with E-state index in [1.54, 1.807) is 18.5 Å². The Balaban J connectivity index is 2.14. The van der Waals surface area contributed by atoms with Crippen LogP contribution in [0.2, 0.25) is 0 Å². The maximum atomic E-state index is 11.5. The summed E-state index contributed by atoms with van der Waals surface area (Å²) in [5.74, 6) is -0.362. The molecule has 0 radical (unpaired) electrons. The molecule has 2 rings (SSSR count). The van der Waals surface area contributed by atoms with Crippen molar-refractivity contribution in [3.63, 3.8) is 0 Å².